The number of esters is 1. The molecular formula is C16H24O5. The second kappa shape index (κ2) is 6.60. The molecule has 0 fully saturated rings. The van der Waals surface area contributed by atoms with Crippen molar-refractivity contribution in [1.29, 1.82) is 0 Å². The van der Waals surface area contributed by atoms with Crippen LogP contribution in [0.4, 0.5) is 0 Å². The van der Waals surface area contributed by atoms with Crippen molar-refractivity contribution in [3.8, 4) is 0 Å². The van der Waals surface area contributed by atoms with E-state index in [0.717, 1.165) is 19.3 Å². The average Bonchev–Trinajstić information content (AvgIpc) is 2.75. The van der Waals surface area contributed by atoms with Gasteiger partial charge in [0.25, 0.3) is 0 Å². The molecule has 0 saturated heterocycles. The van der Waals surface area contributed by atoms with Crippen molar-refractivity contribution in [3.63, 3.8) is 0 Å². The molecule has 0 bridgehead atoms. The van der Waals surface area contributed by atoms with E-state index in [9.17, 15) is 14.7 Å². The Labute approximate surface area is 125 Å². The van der Waals surface area contributed by atoms with E-state index in [4.69, 9.17) is 9.47 Å². The molecule has 5 heteroatoms. The van der Waals surface area contributed by atoms with Crippen LogP contribution in [0.3, 0.4) is 0 Å². The highest BCUT2D eigenvalue weighted by atomic mass is 16.6. The van der Waals surface area contributed by atoms with E-state index < -0.39 is 17.7 Å². The smallest absolute Gasteiger partial charge is 0.347 e. The number of carbonyl (C=O) groups is 2. The monoisotopic (exact) mass is 296 g/mol. The summed E-state index contributed by atoms with van der Waals surface area (Å²) in [6, 6.07) is 0. The highest BCUT2D eigenvalue weighted by molar-refractivity contribution is 6.06. The number of hydrogen-bond acceptors (Lipinski definition) is 5. The first-order chi connectivity index (χ1) is 10.1. The van der Waals surface area contributed by atoms with Crippen molar-refractivity contribution in [2.24, 2.45) is 0 Å². The Morgan fingerprint density at radius 3 is 2.81 bits per heavy atom. The number of ketones is 1. The van der Waals surface area contributed by atoms with Crippen molar-refractivity contribution in [2.45, 2.75) is 70.5 Å². The van der Waals surface area contributed by atoms with Gasteiger partial charge < -0.3 is 14.6 Å². The molecule has 0 saturated carbocycles. The van der Waals surface area contributed by atoms with Crippen LogP contribution in [0.2, 0.25) is 0 Å². The molecule has 118 valence electrons. The number of allylic oxidation sites excluding steroid dienone is 1. The van der Waals surface area contributed by atoms with Crippen LogP contribution in [0, 0.1) is 0 Å². The lowest BCUT2D eigenvalue weighted by atomic mass is 9.81. The van der Waals surface area contributed by atoms with Crippen LogP contribution in [0.1, 0.15) is 58.8 Å². The first-order valence-electron chi connectivity index (χ1n) is 7.88. The zero-order valence-electron chi connectivity index (χ0n) is 12.8. The van der Waals surface area contributed by atoms with Crippen LogP contribution < -0.4 is 0 Å². The van der Waals surface area contributed by atoms with Crippen LogP contribution in [-0.4, -0.2) is 35.2 Å². The average molecular weight is 296 g/mol. The lowest BCUT2D eigenvalue weighted by Crippen LogP contribution is -2.51. The number of ether oxygens (including phenoxy) is 2. The third-order valence-electron chi connectivity index (χ3n) is 4.15. The first kappa shape index (κ1) is 16.0. The Morgan fingerprint density at radius 2 is 2.14 bits per heavy atom. The largest absolute Gasteiger partial charge is 0.490 e. The fourth-order valence-electron chi connectivity index (χ4n) is 3.10. The number of carbonyl (C=O) groups excluding carboxylic acids is 2. The van der Waals surface area contributed by atoms with Gasteiger partial charge in [0, 0.05) is 12.8 Å². The topological polar surface area (TPSA) is 72.8 Å². The maximum atomic E-state index is 12.3. The molecule has 2 rings (SSSR count). The second-order valence-electron chi connectivity index (χ2n) is 5.66. The van der Waals surface area contributed by atoms with E-state index in [2.05, 4.69) is 6.92 Å². The van der Waals surface area contributed by atoms with Crippen LogP contribution >= 0.6 is 0 Å². The van der Waals surface area contributed by atoms with Gasteiger partial charge in [0.2, 0.25) is 5.60 Å². The summed E-state index contributed by atoms with van der Waals surface area (Å²) in [4.78, 5) is 24.4. The summed E-state index contributed by atoms with van der Waals surface area (Å²) in [6.45, 7) is 3.93. The molecule has 1 aliphatic heterocycles. The highest BCUT2D eigenvalue weighted by Gasteiger charge is 2.58. The lowest BCUT2D eigenvalue weighted by Gasteiger charge is -2.28. The minimum Gasteiger partial charge on any atom is -0.490 e. The Balaban J connectivity index is 2.27. The van der Waals surface area contributed by atoms with Gasteiger partial charge in [-0.05, 0) is 26.2 Å². The molecular weight excluding hydrogens is 272 g/mol. The molecule has 0 amide bonds. The minimum absolute atomic E-state index is 0.147. The number of rotatable bonds is 6. The van der Waals surface area contributed by atoms with Crippen molar-refractivity contribution < 1.29 is 24.2 Å². The molecule has 0 aromatic rings. The van der Waals surface area contributed by atoms with Gasteiger partial charge in [0.15, 0.2) is 5.78 Å². The zero-order valence-corrected chi connectivity index (χ0v) is 12.8. The van der Waals surface area contributed by atoms with Crippen LogP contribution in [0.25, 0.3) is 0 Å². The maximum Gasteiger partial charge on any atom is 0.347 e. The predicted octanol–water partition coefficient (Wildman–Crippen LogP) is 2.27. The minimum atomic E-state index is -1.92. The van der Waals surface area contributed by atoms with Crippen LogP contribution in [0.15, 0.2) is 11.3 Å². The molecule has 2 atom stereocenters. The zero-order chi connectivity index (χ0) is 15.5. The Bertz CT molecular complexity index is 454. The van der Waals surface area contributed by atoms with Gasteiger partial charge in [-0.2, -0.15) is 0 Å². The summed E-state index contributed by atoms with van der Waals surface area (Å²) in [5.41, 5.74) is -1.77. The summed E-state index contributed by atoms with van der Waals surface area (Å²) in [6.07, 6.45) is 4.39. The fraction of sp³-hybridized carbons (Fsp3) is 0.750. The third kappa shape index (κ3) is 2.84. The first-order valence-corrected chi connectivity index (χ1v) is 7.88. The highest BCUT2D eigenvalue weighted by Crippen LogP contribution is 2.43. The standard InChI is InChI=1S/C16H24O5/c1-3-5-6-10-13-16(19,15(18)20-4-2)14-11(17)8-7-9-12(14)21-13/h13,19H,3-10H2,1-2H3/t13-,16+/m1/s1. The van der Waals surface area contributed by atoms with Gasteiger partial charge in [-0.1, -0.05) is 19.8 Å². The van der Waals surface area contributed by atoms with Gasteiger partial charge in [0.05, 0.1) is 12.2 Å². The number of hydrogen-bond donors (Lipinski definition) is 1. The van der Waals surface area contributed by atoms with Crippen LogP contribution in [-0.2, 0) is 19.1 Å². The van der Waals surface area contributed by atoms with Crippen molar-refractivity contribution >= 4 is 11.8 Å². The SMILES string of the molecule is CCCCC[C@H]1OC2=C(C(=O)CCC2)[C@]1(O)C(=O)OCC. The summed E-state index contributed by atoms with van der Waals surface area (Å²) < 4.78 is 10.8. The summed E-state index contributed by atoms with van der Waals surface area (Å²) in [5, 5.41) is 10.9. The number of Topliss-reactive ketones (excluding diaryl/α,β-unsaturated/α-hetero) is 1. The maximum absolute atomic E-state index is 12.3. The van der Waals surface area contributed by atoms with Gasteiger partial charge in [-0.3, -0.25) is 4.79 Å². The van der Waals surface area contributed by atoms with E-state index in [1.807, 2.05) is 0 Å². The molecule has 1 N–H and O–H groups in total. The van der Waals surface area contributed by atoms with Gasteiger partial charge in [-0.15, -0.1) is 0 Å². The van der Waals surface area contributed by atoms with Gasteiger partial charge in [0.1, 0.15) is 11.9 Å². The van der Waals surface area contributed by atoms with Crippen molar-refractivity contribution in [1.82, 2.24) is 0 Å². The van der Waals surface area contributed by atoms with E-state index in [-0.39, 0.29) is 18.0 Å². The summed E-state index contributed by atoms with van der Waals surface area (Å²) >= 11 is 0. The van der Waals surface area contributed by atoms with Crippen molar-refractivity contribution in [3.05, 3.63) is 11.3 Å². The van der Waals surface area contributed by atoms with E-state index >= 15 is 0 Å². The molecule has 0 aromatic carbocycles. The number of aliphatic hydroxyl groups is 1. The van der Waals surface area contributed by atoms with Crippen LogP contribution in [0.5, 0.6) is 0 Å². The normalized spacial score (nSPS) is 28.3. The quantitative estimate of drug-likeness (QED) is 0.601. The summed E-state index contributed by atoms with van der Waals surface area (Å²) in [5.74, 6) is -0.458. The van der Waals surface area contributed by atoms with Crippen molar-refractivity contribution in [2.75, 3.05) is 6.61 Å². The lowest BCUT2D eigenvalue weighted by molar-refractivity contribution is -0.169. The molecule has 0 radical (unpaired) electrons. The Kier molecular flexibility index (Phi) is 5.04. The molecule has 5 nitrogen and oxygen atoms in total. The molecule has 1 heterocycles. The van der Waals surface area contributed by atoms with E-state index in [1.54, 1.807) is 6.92 Å². The molecule has 0 unspecified atom stereocenters. The fourth-order valence-corrected chi connectivity index (χ4v) is 3.10. The van der Waals surface area contributed by atoms with E-state index in [0.29, 0.717) is 31.4 Å². The van der Waals surface area contributed by atoms with Gasteiger partial charge in [-0.25, -0.2) is 4.79 Å². The predicted molar refractivity (Wildman–Crippen MR) is 76.5 cm³/mol. The molecule has 0 spiro atoms. The Morgan fingerprint density at radius 1 is 1.38 bits per heavy atom. The summed E-state index contributed by atoms with van der Waals surface area (Å²) in [7, 11) is 0. The molecule has 2 aliphatic rings. The van der Waals surface area contributed by atoms with Gasteiger partial charge >= 0.3 is 5.97 Å². The molecule has 0 aromatic heterocycles. The van der Waals surface area contributed by atoms with E-state index in [1.165, 1.54) is 0 Å². The number of unbranched alkanes of at least 4 members (excludes halogenated alkanes) is 2. The second-order valence-corrected chi connectivity index (χ2v) is 5.66. The Hall–Kier alpha value is -1.36. The molecule has 1 aliphatic carbocycles. The molecule has 21 heavy (non-hydrogen) atoms. The third-order valence-corrected chi connectivity index (χ3v) is 4.15.